The highest BCUT2D eigenvalue weighted by Crippen LogP contribution is 2.36. The molecule has 0 fully saturated rings. The molecule has 0 aliphatic carbocycles. The largest absolute Gasteiger partial charge is 0.491 e. The lowest BCUT2D eigenvalue weighted by Gasteiger charge is -2.12. The van der Waals surface area contributed by atoms with E-state index in [0.29, 0.717) is 35.3 Å². The summed E-state index contributed by atoms with van der Waals surface area (Å²) in [7, 11) is 1.49. The van der Waals surface area contributed by atoms with Gasteiger partial charge in [0, 0.05) is 0 Å². The molecule has 1 rings (SSSR count). The van der Waals surface area contributed by atoms with Crippen LogP contribution in [-0.4, -0.2) is 26.3 Å². The van der Waals surface area contributed by atoms with Gasteiger partial charge in [-0.3, -0.25) is 0 Å². The van der Waals surface area contributed by atoms with Gasteiger partial charge < -0.3 is 14.2 Å². The van der Waals surface area contributed by atoms with Gasteiger partial charge in [-0.15, -0.1) is 0 Å². The number of nitrogens with zero attached hydrogens (tertiary/aromatic N) is 1. The molecular weight excluding hydrogens is 318 g/mol. The Balaban J connectivity index is 3.08. The van der Waals surface area contributed by atoms with Crippen molar-refractivity contribution < 1.29 is 19.0 Å². The molecule has 6 heteroatoms. The number of hydrogen-bond donors (Lipinski definition) is 0. The van der Waals surface area contributed by atoms with Gasteiger partial charge in [0.25, 0.3) is 0 Å². The molecule has 0 saturated heterocycles. The summed E-state index contributed by atoms with van der Waals surface area (Å²) in [5, 5.41) is 9.48. The van der Waals surface area contributed by atoms with Crippen molar-refractivity contribution in [3.63, 3.8) is 0 Å². The molecule has 0 radical (unpaired) electrons. The van der Waals surface area contributed by atoms with Crippen LogP contribution in [0.4, 0.5) is 0 Å². The van der Waals surface area contributed by atoms with Crippen LogP contribution in [0.15, 0.2) is 17.7 Å². The molecular formula is C17H20ClNO4. The van der Waals surface area contributed by atoms with Gasteiger partial charge in [-0.2, -0.15) is 5.26 Å². The third kappa shape index (κ3) is 5.50. The fourth-order valence-electron chi connectivity index (χ4n) is 1.82. The Labute approximate surface area is 141 Å². The van der Waals surface area contributed by atoms with E-state index in [1.165, 1.54) is 13.2 Å². The topological polar surface area (TPSA) is 68.6 Å². The zero-order valence-electron chi connectivity index (χ0n) is 13.5. The zero-order chi connectivity index (χ0) is 17.2. The number of hydrogen-bond acceptors (Lipinski definition) is 5. The molecule has 1 aromatic carbocycles. The first-order chi connectivity index (χ1) is 11.1. The number of rotatable bonds is 8. The monoisotopic (exact) mass is 337 g/mol. The predicted octanol–water partition coefficient (Wildman–Crippen LogP) is 4.00. The van der Waals surface area contributed by atoms with Crippen LogP contribution < -0.4 is 9.47 Å². The van der Waals surface area contributed by atoms with Crippen LogP contribution in [0, 0.1) is 11.3 Å². The second-order valence-electron chi connectivity index (χ2n) is 4.63. The van der Waals surface area contributed by atoms with E-state index in [0.717, 1.165) is 12.8 Å². The number of unbranched alkanes of at least 4 members (excludes halogenated alkanes) is 1. The van der Waals surface area contributed by atoms with Crippen LogP contribution in [0.5, 0.6) is 11.5 Å². The molecule has 0 bridgehead atoms. The van der Waals surface area contributed by atoms with E-state index in [4.69, 9.17) is 31.1 Å². The van der Waals surface area contributed by atoms with Crippen LogP contribution in [0.2, 0.25) is 5.02 Å². The van der Waals surface area contributed by atoms with Crippen molar-refractivity contribution in [1.29, 1.82) is 5.26 Å². The van der Waals surface area contributed by atoms with Crippen LogP contribution in [-0.2, 0) is 9.53 Å². The zero-order valence-corrected chi connectivity index (χ0v) is 14.3. The lowest BCUT2D eigenvalue weighted by molar-refractivity contribution is -0.138. The van der Waals surface area contributed by atoms with Crippen LogP contribution in [0.25, 0.3) is 6.08 Å². The van der Waals surface area contributed by atoms with E-state index in [1.807, 2.05) is 19.9 Å². The fourth-order valence-corrected chi connectivity index (χ4v) is 2.12. The van der Waals surface area contributed by atoms with Gasteiger partial charge in [0.1, 0.15) is 11.6 Å². The SMILES string of the molecule is CCCCOC(=O)/C(C#N)=C/c1cc(Cl)c(OC)c(OCC)c1. The van der Waals surface area contributed by atoms with E-state index < -0.39 is 5.97 Å². The van der Waals surface area contributed by atoms with Gasteiger partial charge in [0.15, 0.2) is 11.5 Å². The number of carbonyl (C=O) groups excluding carboxylic acids is 1. The summed E-state index contributed by atoms with van der Waals surface area (Å²) in [5.41, 5.74) is 0.466. The molecule has 23 heavy (non-hydrogen) atoms. The number of ether oxygens (including phenoxy) is 3. The second-order valence-corrected chi connectivity index (χ2v) is 5.03. The Bertz CT molecular complexity index is 620. The minimum atomic E-state index is -0.647. The van der Waals surface area contributed by atoms with Crippen molar-refractivity contribution in [2.75, 3.05) is 20.3 Å². The van der Waals surface area contributed by atoms with Crippen LogP contribution in [0.3, 0.4) is 0 Å². The Kier molecular flexibility index (Phi) is 8.00. The molecule has 0 atom stereocenters. The Hall–Kier alpha value is -2.19. The normalized spacial score (nSPS) is 10.8. The quantitative estimate of drug-likeness (QED) is 0.310. The highest BCUT2D eigenvalue weighted by atomic mass is 35.5. The van der Waals surface area contributed by atoms with Crippen molar-refractivity contribution >= 4 is 23.6 Å². The van der Waals surface area contributed by atoms with Crippen LogP contribution in [0.1, 0.15) is 32.3 Å². The first-order valence-electron chi connectivity index (χ1n) is 7.36. The number of methoxy groups -OCH3 is 1. The van der Waals surface area contributed by atoms with E-state index >= 15 is 0 Å². The first-order valence-corrected chi connectivity index (χ1v) is 7.74. The lowest BCUT2D eigenvalue weighted by atomic mass is 10.1. The molecule has 0 heterocycles. The second kappa shape index (κ2) is 9.75. The number of benzene rings is 1. The van der Waals surface area contributed by atoms with Crippen molar-refractivity contribution in [1.82, 2.24) is 0 Å². The van der Waals surface area contributed by atoms with Gasteiger partial charge >= 0.3 is 5.97 Å². The maximum absolute atomic E-state index is 11.9. The van der Waals surface area contributed by atoms with Gasteiger partial charge in [-0.05, 0) is 37.1 Å². The molecule has 0 saturated carbocycles. The summed E-state index contributed by atoms with van der Waals surface area (Å²) in [4.78, 5) is 11.9. The summed E-state index contributed by atoms with van der Waals surface area (Å²) >= 11 is 6.15. The molecule has 0 aliphatic heterocycles. The van der Waals surface area contributed by atoms with Gasteiger partial charge in [0.2, 0.25) is 0 Å². The minimum Gasteiger partial charge on any atom is -0.491 e. The molecule has 5 nitrogen and oxygen atoms in total. The molecule has 0 spiro atoms. The average Bonchev–Trinajstić information content (AvgIpc) is 2.53. The lowest BCUT2D eigenvalue weighted by Crippen LogP contribution is -2.07. The van der Waals surface area contributed by atoms with Crippen molar-refractivity contribution in [3.8, 4) is 17.6 Å². The summed E-state index contributed by atoms with van der Waals surface area (Å²) in [6.45, 7) is 4.55. The van der Waals surface area contributed by atoms with E-state index in [9.17, 15) is 4.79 Å². The van der Waals surface area contributed by atoms with Gasteiger partial charge in [-0.25, -0.2) is 4.79 Å². The minimum absolute atomic E-state index is 0.0928. The standard InChI is InChI=1S/C17H20ClNO4/c1-4-6-7-23-17(20)13(11-19)8-12-9-14(18)16(21-3)15(10-12)22-5-2/h8-10H,4-7H2,1-3H3/b13-8+. The van der Waals surface area contributed by atoms with Crippen molar-refractivity contribution in [2.45, 2.75) is 26.7 Å². The predicted molar refractivity (Wildman–Crippen MR) is 88.6 cm³/mol. The number of nitriles is 1. The summed E-state index contributed by atoms with van der Waals surface area (Å²) in [5.74, 6) is 0.214. The number of halogens is 1. The molecule has 1 aromatic rings. The first kappa shape index (κ1) is 18.9. The molecule has 0 amide bonds. The number of esters is 1. The van der Waals surface area contributed by atoms with Gasteiger partial charge in [-0.1, -0.05) is 24.9 Å². The third-order valence-corrected chi connectivity index (χ3v) is 3.20. The fraction of sp³-hybridized carbons (Fsp3) is 0.412. The smallest absolute Gasteiger partial charge is 0.348 e. The van der Waals surface area contributed by atoms with E-state index in [2.05, 4.69) is 0 Å². The molecule has 0 N–H and O–H groups in total. The summed E-state index contributed by atoms with van der Waals surface area (Å²) < 4.78 is 15.7. The van der Waals surface area contributed by atoms with Crippen molar-refractivity contribution in [2.24, 2.45) is 0 Å². The Morgan fingerprint density at radius 2 is 2.13 bits per heavy atom. The summed E-state index contributed by atoms with van der Waals surface area (Å²) in [6.07, 6.45) is 3.08. The average molecular weight is 338 g/mol. The van der Waals surface area contributed by atoms with Crippen LogP contribution >= 0.6 is 11.6 Å². The van der Waals surface area contributed by atoms with E-state index in [-0.39, 0.29) is 5.57 Å². The molecule has 0 aromatic heterocycles. The maximum Gasteiger partial charge on any atom is 0.348 e. The Morgan fingerprint density at radius 3 is 2.70 bits per heavy atom. The molecule has 0 aliphatic rings. The Morgan fingerprint density at radius 1 is 1.39 bits per heavy atom. The maximum atomic E-state index is 11.9. The summed E-state index contributed by atoms with van der Waals surface area (Å²) in [6, 6.07) is 5.10. The third-order valence-electron chi connectivity index (χ3n) is 2.92. The molecule has 124 valence electrons. The van der Waals surface area contributed by atoms with Gasteiger partial charge in [0.05, 0.1) is 25.3 Å². The van der Waals surface area contributed by atoms with Crippen molar-refractivity contribution in [3.05, 3.63) is 28.3 Å². The van der Waals surface area contributed by atoms with E-state index in [1.54, 1.807) is 12.1 Å². The highest BCUT2D eigenvalue weighted by molar-refractivity contribution is 6.32. The highest BCUT2D eigenvalue weighted by Gasteiger charge is 2.14. The molecule has 0 unspecified atom stereocenters. The number of carbonyl (C=O) groups is 1.